The van der Waals surface area contributed by atoms with Gasteiger partial charge in [0.2, 0.25) is 0 Å². The van der Waals surface area contributed by atoms with Crippen LogP contribution in [-0.4, -0.2) is 25.8 Å². The number of rotatable bonds is 9. The van der Waals surface area contributed by atoms with Crippen LogP contribution in [0, 0.1) is 0 Å². The standard InChI is InChI=1S/C30H26N2O5/c1-3-35-24-12-14-26-23(16-24)17-29(37-26)30(33)32-31-18-20-11-13-27(28(15-20)34-2)36-19-22-9-6-8-21-7-4-5-10-25(21)22/h4-18H,3,19H2,1-2H3,(H,32,33)/b31-18+. The Bertz CT molecular complexity index is 1580. The number of ether oxygens (including phenoxy) is 3. The number of benzene rings is 4. The van der Waals surface area contributed by atoms with E-state index in [0.717, 1.165) is 27.6 Å². The number of carbonyl (C=O) groups excluding carboxylic acids is 1. The van der Waals surface area contributed by atoms with Crippen LogP contribution in [-0.2, 0) is 6.61 Å². The molecule has 0 aliphatic rings. The fourth-order valence-electron chi connectivity index (χ4n) is 4.07. The lowest BCUT2D eigenvalue weighted by atomic mass is 10.1. The highest BCUT2D eigenvalue weighted by molar-refractivity contribution is 5.96. The molecule has 4 aromatic carbocycles. The number of nitrogens with one attached hydrogen (secondary N) is 1. The van der Waals surface area contributed by atoms with Gasteiger partial charge in [0.1, 0.15) is 17.9 Å². The summed E-state index contributed by atoms with van der Waals surface area (Å²) in [5.41, 5.74) is 4.92. The first-order chi connectivity index (χ1) is 18.1. The molecule has 5 rings (SSSR count). The van der Waals surface area contributed by atoms with Gasteiger partial charge in [0.15, 0.2) is 17.3 Å². The normalized spacial score (nSPS) is 11.2. The first-order valence-corrected chi connectivity index (χ1v) is 11.9. The van der Waals surface area contributed by atoms with Gasteiger partial charge in [-0.3, -0.25) is 4.79 Å². The highest BCUT2D eigenvalue weighted by Gasteiger charge is 2.12. The maximum atomic E-state index is 12.5. The van der Waals surface area contributed by atoms with E-state index in [4.69, 9.17) is 18.6 Å². The minimum atomic E-state index is -0.451. The summed E-state index contributed by atoms with van der Waals surface area (Å²) in [6.45, 7) is 2.89. The molecule has 0 spiro atoms. The lowest BCUT2D eigenvalue weighted by Gasteiger charge is -2.12. The number of hydrogen-bond acceptors (Lipinski definition) is 6. The Kier molecular flexibility index (Phi) is 7.03. The van der Waals surface area contributed by atoms with Crippen LogP contribution in [0.15, 0.2) is 94.4 Å². The van der Waals surface area contributed by atoms with E-state index < -0.39 is 5.91 Å². The molecule has 0 fully saturated rings. The predicted octanol–water partition coefficient (Wildman–Crippen LogP) is 6.34. The number of methoxy groups -OCH3 is 1. The van der Waals surface area contributed by atoms with Crippen molar-refractivity contribution in [3.63, 3.8) is 0 Å². The second kappa shape index (κ2) is 10.9. The van der Waals surface area contributed by atoms with Crippen LogP contribution in [0.5, 0.6) is 17.2 Å². The molecule has 1 amide bonds. The molecule has 0 unspecified atom stereocenters. The van der Waals surface area contributed by atoms with Gasteiger partial charge in [-0.25, -0.2) is 5.43 Å². The Morgan fingerprint density at radius 3 is 2.65 bits per heavy atom. The lowest BCUT2D eigenvalue weighted by molar-refractivity contribution is 0.0929. The fourth-order valence-corrected chi connectivity index (χ4v) is 4.07. The molecule has 7 nitrogen and oxygen atoms in total. The number of fused-ring (bicyclic) bond motifs is 2. The summed E-state index contributed by atoms with van der Waals surface area (Å²) in [4.78, 5) is 12.5. The van der Waals surface area contributed by atoms with Crippen LogP contribution in [0.4, 0.5) is 0 Å². The number of nitrogens with zero attached hydrogens (tertiary/aromatic N) is 1. The van der Waals surface area contributed by atoms with Gasteiger partial charge in [-0.2, -0.15) is 5.10 Å². The summed E-state index contributed by atoms with van der Waals surface area (Å²) in [5, 5.41) is 7.17. The van der Waals surface area contributed by atoms with Gasteiger partial charge in [-0.15, -0.1) is 0 Å². The van der Waals surface area contributed by atoms with Crippen molar-refractivity contribution in [2.24, 2.45) is 5.10 Å². The van der Waals surface area contributed by atoms with Gasteiger partial charge in [0.05, 0.1) is 19.9 Å². The van der Waals surface area contributed by atoms with Crippen LogP contribution in [0.1, 0.15) is 28.6 Å². The van der Waals surface area contributed by atoms with Gasteiger partial charge >= 0.3 is 5.91 Å². The van der Waals surface area contributed by atoms with Crippen molar-refractivity contribution in [1.29, 1.82) is 0 Å². The Morgan fingerprint density at radius 1 is 0.919 bits per heavy atom. The Morgan fingerprint density at radius 2 is 1.78 bits per heavy atom. The van der Waals surface area contributed by atoms with Gasteiger partial charge < -0.3 is 18.6 Å². The summed E-state index contributed by atoms with van der Waals surface area (Å²) in [7, 11) is 1.58. The maximum Gasteiger partial charge on any atom is 0.307 e. The minimum absolute atomic E-state index is 0.163. The minimum Gasteiger partial charge on any atom is -0.494 e. The topological polar surface area (TPSA) is 82.3 Å². The molecule has 1 N–H and O–H groups in total. The molecule has 0 saturated heterocycles. The van der Waals surface area contributed by atoms with Gasteiger partial charge in [0, 0.05) is 5.39 Å². The molecule has 0 aliphatic heterocycles. The van der Waals surface area contributed by atoms with Crippen LogP contribution in [0.3, 0.4) is 0 Å². The van der Waals surface area contributed by atoms with E-state index in [1.165, 1.54) is 11.6 Å². The van der Waals surface area contributed by atoms with Crippen molar-refractivity contribution in [2.75, 3.05) is 13.7 Å². The van der Waals surface area contributed by atoms with E-state index in [2.05, 4.69) is 34.8 Å². The molecule has 0 bridgehead atoms. The Labute approximate surface area is 214 Å². The van der Waals surface area contributed by atoms with E-state index in [0.29, 0.717) is 30.3 Å². The third-order valence-corrected chi connectivity index (χ3v) is 5.85. The second-order valence-corrected chi connectivity index (χ2v) is 8.28. The molecular weight excluding hydrogens is 468 g/mol. The van der Waals surface area contributed by atoms with Crippen LogP contribution in [0.25, 0.3) is 21.7 Å². The van der Waals surface area contributed by atoms with Crippen LogP contribution in [0.2, 0.25) is 0 Å². The number of amides is 1. The Balaban J connectivity index is 1.24. The summed E-state index contributed by atoms with van der Waals surface area (Å²) in [6, 6.07) is 26.9. The van der Waals surface area contributed by atoms with Crippen molar-refractivity contribution >= 4 is 33.9 Å². The highest BCUT2D eigenvalue weighted by atomic mass is 16.5. The smallest absolute Gasteiger partial charge is 0.307 e. The third-order valence-electron chi connectivity index (χ3n) is 5.85. The zero-order chi connectivity index (χ0) is 25.6. The SMILES string of the molecule is CCOc1ccc2oc(C(=O)N/N=C/c3ccc(OCc4cccc5ccccc45)c(OC)c3)cc2c1. The monoisotopic (exact) mass is 494 g/mol. The largest absolute Gasteiger partial charge is 0.494 e. The molecule has 1 aromatic heterocycles. The van der Waals surface area contributed by atoms with Crippen molar-refractivity contribution < 1.29 is 23.4 Å². The molecule has 0 radical (unpaired) electrons. The molecule has 0 atom stereocenters. The summed E-state index contributed by atoms with van der Waals surface area (Å²) in [6.07, 6.45) is 1.53. The molecule has 0 aliphatic carbocycles. The number of furan rings is 1. The number of carbonyl (C=O) groups is 1. The first-order valence-electron chi connectivity index (χ1n) is 11.9. The van der Waals surface area contributed by atoms with Gasteiger partial charge in [0.25, 0.3) is 0 Å². The molecule has 7 heteroatoms. The average molecular weight is 495 g/mol. The summed E-state index contributed by atoms with van der Waals surface area (Å²) >= 11 is 0. The molecule has 1 heterocycles. The molecular formula is C30H26N2O5. The van der Waals surface area contributed by atoms with Crippen molar-refractivity contribution in [3.05, 3.63) is 102 Å². The lowest BCUT2D eigenvalue weighted by Crippen LogP contribution is -2.16. The summed E-state index contributed by atoms with van der Waals surface area (Å²) in [5.74, 6) is 1.62. The van der Waals surface area contributed by atoms with E-state index >= 15 is 0 Å². The van der Waals surface area contributed by atoms with E-state index in [1.807, 2.05) is 43.3 Å². The fraction of sp³-hybridized carbons (Fsp3) is 0.133. The Hall–Kier alpha value is -4.78. The highest BCUT2D eigenvalue weighted by Crippen LogP contribution is 2.29. The second-order valence-electron chi connectivity index (χ2n) is 8.28. The molecule has 0 saturated carbocycles. The molecule has 186 valence electrons. The third kappa shape index (κ3) is 5.41. The number of hydrazone groups is 1. The van der Waals surface area contributed by atoms with Crippen molar-refractivity contribution in [1.82, 2.24) is 5.43 Å². The summed E-state index contributed by atoms with van der Waals surface area (Å²) < 4.78 is 22.7. The van der Waals surface area contributed by atoms with Crippen molar-refractivity contribution in [3.8, 4) is 17.2 Å². The zero-order valence-corrected chi connectivity index (χ0v) is 20.6. The van der Waals surface area contributed by atoms with Crippen LogP contribution >= 0.6 is 0 Å². The van der Waals surface area contributed by atoms with E-state index in [-0.39, 0.29) is 5.76 Å². The number of hydrogen-bond donors (Lipinski definition) is 1. The zero-order valence-electron chi connectivity index (χ0n) is 20.6. The van der Waals surface area contributed by atoms with Gasteiger partial charge in [-0.1, -0.05) is 42.5 Å². The molecule has 37 heavy (non-hydrogen) atoms. The predicted molar refractivity (Wildman–Crippen MR) is 144 cm³/mol. The van der Waals surface area contributed by atoms with E-state index in [1.54, 1.807) is 31.4 Å². The quantitative estimate of drug-likeness (QED) is 0.191. The maximum absolute atomic E-state index is 12.5. The van der Waals surface area contributed by atoms with Crippen molar-refractivity contribution in [2.45, 2.75) is 13.5 Å². The van der Waals surface area contributed by atoms with Crippen LogP contribution < -0.4 is 19.6 Å². The molecule has 5 aromatic rings. The average Bonchev–Trinajstić information content (AvgIpc) is 3.36. The first kappa shape index (κ1) is 23.9. The van der Waals surface area contributed by atoms with E-state index in [9.17, 15) is 4.79 Å². The van der Waals surface area contributed by atoms with Gasteiger partial charge in [-0.05, 0) is 71.3 Å².